The van der Waals surface area contributed by atoms with Gasteiger partial charge in [-0.2, -0.15) is 0 Å². The fourth-order valence-corrected chi connectivity index (χ4v) is 2.35. The van der Waals surface area contributed by atoms with Crippen molar-refractivity contribution in [3.8, 4) is 0 Å². The maximum absolute atomic E-state index is 5.70. The van der Waals surface area contributed by atoms with Crippen LogP contribution in [0, 0.1) is 0 Å². The molecule has 0 spiro atoms. The molecule has 2 fully saturated rings. The Balaban J connectivity index is 1.75. The van der Waals surface area contributed by atoms with Crippen molar-refractivity contribution in [3.05, 3.63) is 0 Å². The van der Waals surface area contributed by atoms with Gasteiger partial charge in [-0.05, 0) is 32.9 Å². The number of ether oxygens (including phenoxy) is 1. The standard InChI is InChI=1S/C10H20N2O/c1-12-5-2-3-9(12)7-10-8-11-4-6-13-10/h9-11H,2-8H2,1H3. The average molecular weight is 184 g/mol. The lowest BCUT2D eigenvalue weighted by atomic mass is 10.1. The van der Waals surface area contributed by atoms with E-state index in [0.717, 1.165) is 25.7 Å². The molecule has 0 aliphatic carbocycles. The summed E-state index contributed by atoms with van der Waals surface area (Å²) in [6.45, 7) is 4.23. The van der Waals surface area contributed by atoms with Gasteiger partial charge < -0.3 is 15.0 Å². The quantitative estimate of drug-likeness (QED) is 0.675. The van der Waals surface area contributed by atoms with Gasteiger partial charge in [-0.25, -0.2) is 0 Å². The third-order valence-electron chi connectivity index (χ3n) is 3.21. The summed E-state index contributed by atoms with van der Waals surface area (Å²) in [5.74, 6) is 0. The van der Waals surface area contributed by atoms with E-state index in [-0.39, 0.29) is 0 Å². The summed E-state index contributed by atoms with van der Waals surface area (Å²) in [5.41, 5.74) is 0. The molecule has 3 heteroatoms. The highest BCUT2D eigenvalue weighted by atomic mass is 16.5. The molecule has 0 aromatic carbocycles. The van der Waals surface area contributed by atoms with Crippen molar-refractivity contribution in [1.29, 1.82) is 0 Å². The lowest BCUT2D eigenvalue weighted by Crippen LogP contribution is -2.41. The van der Waals surface area contributed by atoms with Gasteiger partial charge in [-0.3, -0.25) is 0 Å². The van der Waals surface area contributed by atoms with Gasteiger partial charge in [0.25, 0.3) is 0 Å². The smallest absolute Gasteiger partial charge is 0.0715 e. The van der Waals surface area contributed by atoms with Crippen LogP contribution in [0.5, 0.6) is 0 Å². The van der Waals surface area contributed by atoms with Gasteiger partial charge in [0.2, 0.25) is 0 Å². The summed E-state index contributed by atoms with van der Waals surface area (Å²) in [4.78, 5) is 2.47. The number of nitrogens with one attached hydrogen (secondary N) is 1. The van der Waals surface area contributed by atoms with E-state index in [2.05, 4.69) is 17.3 Å². The fourth-order valence-electron chi connectivity index (χ4n) is 2.35. The third kappa shape index (κ3) is 2.42. The molecule has 0 aromatic heterocycles. The molecule has 0 saturated carbocycles. The number of nitrogens with zero attached hydrogens (tertiary/aromatic N) is 1. The first-order chi connectivity index (χ1) is 6.36. The maximum atomic E-state index is 5.70. The molecule has 2 atom stereocenters. The van der Waals surface area contributed by atoms with Crippen LogP contribution in [0.15, 0.2) is 0 Å². The summed E-state index contributed by atoms with van der Waals surface area (Å²) in [6.07, 6.45) is 4.39. The van der Waals surface area contributed by atoms with Gasteiger partial charge in [0.15, 0.2) is 0 Å². The van der Waals surface area contributed by atoms with Crippen molar-refractivity contribution >= 4 is 0 Å². The van der Waals surface area contributed by atoms with Crippen molar-refractivity contribution < 1.29 is 4.74 Å². The highest BCUT2D eigenvalue weighted by Crippen LogP contribution is 2.20. The third-order valence-corrected chi connectivity index (χ3v) is 3.21. The van der Waals surface area contributed by atoms with Gasteiger partial charge in [-0.1, -0.05) is 0 Å². The Morgan fingerprint density at radius 2 is 2.46 bits per heavy atom. The fraction of sp³-hybridized carbons (Fsp3) is 1.00. The van der Waals surface area contributed by atoms with Crippen LogP contribution in [0.1, 0.15) is 19.3 Å². The van der Waals surface area contributed by atoms with Crippen molar-refractivity contribution in [2.45, 2.75) is 31.4 Å². The second-order valence-electron chi connectivity index (χ2n) is 4.21. The maximum Gasteiger partial charge on any atom is 0.0715 e. The molecule has 0 radical (unpaired) electrons. The molecule has 3 nitrogen and oxygen atoms in total. The van der Waals surface area contributed by atoms with Crippen molar-refractivity contribution in [3.63, 3.8) is 0 Å². The molecule has 2 aliphatic rings. The second kappa shape index (κ2) is 4.40. The first-order valence-electron chi connectivity index (χ1n) is 5.39. The Bertz CT molecular complexity index is 157. The van der Waals surface area contributed by atoms with Crippen molar-refractivity contribution in [2.75, 3.05) is 33.3 Å². The zero-order chi connectivity index (χ0) is 9.10. The number of likely N-dealkylation sites (tertiary alicyclic amines) is 1. The van der Waals surface area contributed by atoms with Gasteiger partial charge >= 0.3 is 0 Å². The molecule has 76 valence electrons. The Labute approximate surface area is 80.4 Å². The SMILES string of the molecule is CN1CCCC1CC1CNCCO1. The molecule has 2 heterocycles. The highest BCUT2D eigenvalue weighted by Gasteiger charge is 2.25. The molecule has 2 rings (SSSR count). The van der Waals surface area contributed by atoms with E-state index in [1.807, 2.05) is 0 Å². The predicted octanol–water partition coefficient (Wildman–Crippen LogP) is 0.459. The molecule has 0 bridgehead atoms. The molecular weight excluding hydrogens is 164 g/mol. The Morgan fingerprint density at radius 3 is 3.08 bits per heavy atom. The molecule has 0 amide bonds. The summed E-state index contributed by atoms with van der Waals surface area (Å²) < 4.78 is 5.70. The van der Waals surface area contributed by atoms with Gasteiger partial charge in [-0.15, -0.1) is 0 Å². The summed E-state index contributed by atoms with van der Waals surface area (Å²) in [5, 5.41) is 3.38. The van der Waals surface area contributed by atoms with E-state index in [4.69, 9.17) is 4.74 Å². The molecular formula is C10H20N2O. The summed E-state index contributed by atoms with van der Waals surface area (Å²) in [6, 6.07) is 0.768. The minimum atomic E-state index is 0.458. The van der Waals surface area contributed by atoms with Gasteiger partial charge in [0.05, 0.1) is 12.7 Å². The van der Waals surface area contributed by atoms with Crippen LogP contribution in [0.4, 0.5) is 0 Å². The zero-order valence-corrected chi connectivity index (χ0v) is 8.46. The minimum Gasteiger partial charge on any atom is -0.376 e. The number of morpholine rings is 1. The molecule has 2 saturated heterocycles. The normalized spacial score (nSPS) is 36.7. The van der Waals surface area contributed by atoms with Crippen molar-refractivity contribution in [2.24, 2.45) is 0 Å². The van der Waals surface area contributed by atoms with Crippen LogP contribution >= 0.6 is 0 Å². The van der Waals surface area contributed by atoms with E-state index in [0.29, 0.717) is 6.10 Å². The summed E-state index contributed by atoms with van der Waals surface area (Å²) >= 11 is 0. The number of rotatable bonds is 2. The van der Waals surface area contributed by atoms with Crippen LogP contribution < -0.4 is 5.32 Å². The topological polar surface area (TPSA) is 24.5 Å². The lowest BCUT2D eigenvalue weighted by molar-refractivity contribution is 0.0111. The van der Waals surface area contributed by atoms with Crippen LogP contribution in [-0.4, -0.2) is 50.3 Å². The Kier molecular flexibility index (Phi) is 3.19. The van der Waals surface area contributed by atoms with E-state index in [1.165, 1.54) is 25.8 Å². The van der Waals surface area contributed by atoms with Crippen LogP contribution in [-0.2, 0) is 4.74 Å². The van der Waals surface area contributed by atoms with Crippen LogP contribution in [0.25, 0.3) is 0 Å². The van der Waals surface area contributed by atoms with Crippen LogP contribution in [0.2, 0.25) is 0 Å². The first kappa shape index (κ1) is 9.44. The largest absolute Gasteiger partial charge is 0.376 e. The number of hydrogen-bond acceptors (Lipinski definition) is 3. The predicted molar refractivity (Wildman–Crippen MR) is 52.9 cm³/mol. The molecule has 0 aromatic rings. The number of hydrogen-bond donors (Lipinski definition) is 1. The summed E-state index contributed by atoms with van der Waals surface area (Å²) in [7, 11) is 2.23. The molecule has 1 N–H and O–H groups in total. The first-order valence-corrected chi connectivity index (χ1v) is 5.39. The van der Waals surface area contributed by atoms with E-state index in [9.17, 15) is 0 Å². The lowest BCUT2D eigenvalue weighted by Gasteiger charge is -2.28. The second-order valence-corrected chi connectivity index (χ2v) is 4.21. The van der Waals surface area contributed by atoms with E-state index in [1.54, 1.807) is 0 Å². The van der Waals surface area contributed by atoms with Crippen molar-refractivity contribution in [1.82, 2.24) is 10.2 Å². The average Bonchev–Trinajstić information content (AvgIpc) is 2.54. The van der Waals surface area contributed by atoms with Gasteiger partial charge in [0, 0.05) is 19.1 Å². The van der Waals surface area contributed by atoms with Crippen LogP contribution in [0.3, 0.4) is 0 Å². The van der Waals surface area contributed by atoms with E-state index >= 15 is 0 Å². The monoisotopic (exact) mass is 184 g/mol. The Hall–Kier alpha value is -0.120. The molecule has 2 unspecified atom stereocenters. The highest BCUT2D eigenvalue weighted by molar-refractivity contribution is 4.81. The molecule has 2 aliphatic heterocycles. The van der Waals surface area contributed by atoms with Gasteiger partial charge in [0.1, 0.15) is 0 Å². The Morgan fingerprint density at radius 1 is 1.54 bits per heavy atom. The minimum absolute atomic E-state index is 0.458. The molecule has 13 heavy (non-hydrogen) atoms. The van der Waals surface area contributed by atoms with E-state index < -0.39 is 0 Å². The zero-order valence-electron chi connectivity index (χ0n) is 8.46.